The average molecular weight is 360 g/mol. The van der Waals surface area contributed by atoms with E-state index in [-0.39, 0.29) is 12.5 Å². The summed E-state index contributed by atoms with van der Waals surface area (Å²) in [6, 6.07) is 4.47. The first-order valence-electron chi connectivity index (χ1n) is 10.6. The zero-order chi connectivity index (χ0) is 18.8. The van der Waals surface area contributed by atoms with Crippen molar-refractivity contribution in [2.24, 2.45) is 0 Å². The highest BCUT2D eigenvalue weighted by Crippen LogP contribution is 2.25. The molecule has 1 aromatic carbocycles. The summed E-state index contributed by atoms with van der Waals surface area (Å²) in [4.78, 5) is 12.4. The maximum atomic E-state index is 12.4. The molecule has 0 spiro atoms. The Labute approximate surface area is 159 Å². The van der Waals surface area contributed by atoms with Crippen LogP contribution in [0.15, 0.2) is 12.1 Å². The molecule has 0 saturated heterocycles. The molecule has 26 heavy (non-hydrogen) atoms. The smallest absolute Gasteiger partial charge is 0.258 e. The average Bonchev–Trinajstić information content (AvgIpc) is 2.60. The molecule has 1 aromatic rings. The van der Waals surface area contributed by atoms with Gasteiger partial charge in [-0.15, -0.1) is 0 Å². The van der Waals surface area contributed by atoms with Crippen molar-refractivity contribution in [3.63, 3.8) is 0 Å². The molecule has 1 fully saturated rings. The third-order valence-corrected chi connectivity index (χ3v) is 5.69. The Bertz CT molecular complexity index is 556. The molecule has 1 aliphatic rings. The molecule has 0 aromatic heterocycles. The molecule has 1 saturated carbocycles. The summed E-state index contributed by atoms with van der Waals surface area (Å²) in [5.74, 6) is 0.876. The lowest BCUT2D eigenvalue weighted by molar-refractivity contribution is -0.123. The number of hydrogen-bond donors (Lipinski definition) is 1. The van der Waals surface area contributed by atoms with Crippen molar-refractivity contribution < 1.29 is 9.53 Å². The van der Waals surface area contributed by atoms with Gasteiger partial charge in [-0.1, -0.05) is 69.9 Å². The number of benzene rings is 1. The molecule has 3 heteroatoms. The van der Waals surface area contributed by atoms with Crippen molar-refractivity contribution in [3.05, 3.63) is 28.8 Å². The van der Waals surface area contributed by atoms with Crippen LogP contribution in [0.2, 0.25) is 0 Å². The van der Waals surface area contributed by atoms with Gasteiger partial charge < -0.3 is 10.1 Å². The summed E-state index contributed by atoms with van der Waals surface area (Å²) in [5.41, 5.74) is 3.42. The highest BCUT2D eigenvalue weighted by molar-refractivity contribution is 5.78. The Morgan fingerprint density at radius 3 is 1.96 bits per heavy atom. The van der Waals surface area contributed by atoms with Crippen LogP contribution in [-0.4, -0.2) is 18.6 Å². The van der Waals surface area contributed by atoms with E-state index >= 15 is 0 Å². The second-order valence-electron chi connectivity index (χ2n) is 7.97. The summed E-state index contributed by atoms with van der Waals surface area (Å²) < 4.78 is 5.88. The topological polar surface area (TPSA) is 38.3 Å². The van der Waals surface area contributed by atoms with Gasteiger partial charge in [0.05, 0.1) is 0 Å². The van der Waals surface area contributed by atoms with Crippen LogP contribution in [0.3, 0.4) is 0 Å². The number of carbonyl (C=O) groups excluding carboxylic acids is 1. The van der Waals surface area contributed by atoms with E-state index in [9.17, 15) is 4.79 Å². The zero-order valence-electron chi connectivity index (χ0n) is 17.0. The summed E-state index contributed by atoms with van der Waals surface area (Å²) in [7, 11) is 0. The normalized spacial score (nSPS) is 17.8. The van der Waals surface area contributed by atoms with E-state index in [1.54, 1.807) is 0 Å². The Morgan fingerprint density at radius 2 is 1.38 bits per heavy atom. The number of hydrogen-bond acceptors (Lipinski definition) is 2. The van der Waals surface area contributed by atoms with Gasteiger partial charge in [-0.05, 0) is 50.3 Å². The standard InChI is InChI=1S/C23H37NO2/c1-18-15-16-19(2)23(20(18)3)26-17-22(25)24-21-13-11-9-7-5-4-6-8-10-12-14-21/h15-16,21H,4-14,17H2,1-3H3,(H,24,25). The predicted molar refractivity (Wildman–Crippen MR) is 109 cm³/mol. The SMILES string of the molecule is Cc1ccc(C)c(OCC(=O)NC2CCCCCCCCCCC2)c1C. The summed E-state index contributed by atoms with van der Waals surface area (Å²) in [6.07, 6.45) is 14.1. The van der Waals surface area contributed by atoms with Crippen LogP contribution in [0.5, 0.6) is 5.75 Å². The van der Waals surface area contributed by atoms with E-state index < -0.39 is 0 Å². The molecule has 1 aliphatic carbocycles. The molecule has 1 amide bonds. The fraction of sp³-hybridized carbons (Fsp3) is 0.696. The quantitative estimate of drug-likeness (QED) is 0.740. The first kappa shape index (κ1) is 20.8. The predicted octanol–water partition coefficient (Wildman–Crippen LogP) is 5.78. The lowest BCUT2D eigenvalue weighted by atomic mass is 9.98. The molecule has 3 nitrogen and oxygen atoms in total. The van der Waals surface area contributed by atoms with Crippen LogP contribution < -0.4 is 10.1 Å². The minimum absolute atomic E-state index is 0.0161. The number of ether oxygens (including phenoxy) is 1. The van der Waals surface area contributed by atoms with Crippen molar-refractivity contribution in [1.29, 1.82) is 0 Å². The minimum Gasteiger partial charge on any atom is -0.483 e. The van der Waals surface area contributed by atoms with E-state index in [4.69, 9.17) is 4.74 Å². The summed E-state index contributed by atoms with van der Waals surface area (Å²) in [6.45, 7) is 6.28. The Morgan fingerprint density at radius 1 is 0.885 bits per heavy atom. The van der Waals surface area contributed by atoms with Crippen LogP contribution in [-0.2, 0) is 4.79 Å². The summed E-state index contributed by atoms with van der Waals surface area (Å²) >= 11 is 0. The van der Waals surface area contributed by atoms with Gasteiger partial charge in [0.1, 0.15) is 5.75 Å². The molecule has 0 radical (unpaired) electrons. The lowest BCUT2D eigenvalue weighted by Gasteiger charge is -2.20. The van der Waals surface area contributed by atoms with Gasteiger partial charge in [-0.3, -0.25) is 4.79 Å². The summed E-state index contributed by atoms with van der Waals surface area (Å²) in [5, 5.41) is 3.23. The van der Waals surface area contributed by atoms with E-state index in [2.05, 4.69) is 31.3 Å². The third-order valence-electron chi connectivity index (χ3n) is 5.69. The molecule has 146 valence electrons. The van der Waals surface area contributed by atoms with Crippen molar-refractivity contribution in [3.8, 4) is 5.75 Å². The fourth-order valence-electron chi connectivity index (χ4n) is 3.86. The van der Waals surface area contributed by atoms with Crippen molar-refractivity contribution in [1.82, 2.24) is 5.32 Å². The van der Waals surface area contributed by atoms with Gasteiger partial charge >= 0.3 is 0 Å². The largest absolute Gasteiger partial charge is 0.483 e. The number of nitrogens with one attached hydrogen (secondary N) is 1. The fourth-order valence-corrected chi connectivity index (χ4v) is 3.86. The van der Waals surface area contributed by atoms with Gasteiger partial charge in [0, 0.05) is 6.04 Å². The van der Waals surface area contributed by atoms with Gasteiger partial charge in [0.2, 0.25) is 0 Å². The number of aryl methyl sites for hydroxylation is 2. The van der Waals surface area contributed by atoms with Crippen LogP contribution in [0.25, 0.3) is 0 Å². The highest BCUT2D eigenvalue weighted by Gasteiger charge is 2.14. The van der Waals surface area contributed by atoms with E-state index in [1.807, 2.05) is 6.92 Å². The molecular weight excluding hydrogens is 322 g/mol. The monoisotopic (exact) mass is 359 g/mol. The van der Waals surface area contributed by atoms with Crippen molar-refractivity contribution in [2.75, 3.05) is 6.61 Å². The maximum absolute atomic E-state index is 12.4. The maximum Gasteiger partial charge on any atom is 0.258 e. The van der Waals surface area contributed by atoms with Gasteiger partial charge in [-0.25, -0.2) is 0 Å². The third kappa shape index (κ3) is 7.01. The van der Waals surface area contributed by atoms with E-state index in [1.165, 1.54) is 63.4 Å². The Balaban J connectivity index is 1.83. The highest BCUT2D eigenvalue weighted by atomic mass is 16.5. The van der Waals surface area contributed by atoms with Crippen LogP contribution in [0.4, 0.5) is 0 Å². The molecule has 0 bridgehead atoms. The second kappa shape index (κ2) is 11.3. The van der Waals surface area contributed by atoms with Crippen LogP contribution >= 0.6 is 0 Å². The van der Waals surface area contributed by atoms with Crippen LogP contribution in [0.1, 0.15) is 87.3 Å². The molecule has 0 aliphatic heterocycles. The molecule has 2 rings (SSSR count). The van der Waals surface area contributed by atoms with Gasteiger partial charge in [0.25, 0.3) is 5.91 Å². The van der Waals surface area contributed by atoms with E-state index in [0.717, 1.165) is 29.7 Å². The first-order valence-corrected chi connectivity index (χ1v) is 10.6. The zero-order valence-corrected chi connectivity index (χ0v) is 17.0. The first-order chi connectivity index (χ1) is 12.6. The second-order valence-corrected chi connectivity index (χ2v) is 7.97. The van der Waals surface area contributed by atoms with Gasteiger partial charge in [-0.2, -0.15) is 0 Å². The number of amides is 1. The number of rotatable bonds is 4. The van der Waals surface area contributed by atoms with Crippen molar-refractivity contribution >= 4 is 5.91 Å². The molecule has 1 N–H and O–H groups in total. The molecule has 0 atom stereocenters. The Hall–Kier alpha value is -1.51. The number of carbonyl (C=O) groups is 1. The molecule has 0 heterocycles. The van der Waals surface area contributed by atoms with Crippen molar-refractivity contribution in [2.45, 2.75) is 97.4 Å². The molecular formula is C23H37NO2. The van der Waals surface area contributed by atoms with Gasteiger partial charge in [0.15, 0.2) is 6.61 Å². The molecule has 0 unspecified atom stereocenters. The van der Waals surface area contributed by atoms with Crippen LogP contribution in [0, 0.1) is 20.8 Å². The van der Waals surface area contributed by atoms with E-state index in [0.29, 0.717) is 6.04 Å². The lowest BCUT2D eigenvalue weighted by Crippen LogP contribution is -2.38. The minimum atomic E-state index is 0.0161. The Kier molecular flexibility index (Phi) is 9.00.